The number of hydrogen-bond acceptors (Lipinski definition) is 6. The molecule has 6 nitrogen and oxygen atoms in total. The molecule has 0 aromatic rings. The Bertz CT molecular complexity index is 753. The van der Waals surface area contributed by atoms with Gasteiger partial charge in [-0.1, -0.05) is 13.8 Å². The van der Waals surface area contributed by atoms with Crippen molar-refractivity contribution in [2.24, 2.45) is 17.3 Å². The predicted octanol–water partition coefficient (Wildman–Crippen LogP) is 2.26. The smallest absolute Gasteiger partial charge is 0.318 e. The molecule has 4 heterocycles. The van der Waals surface area contributed by atoms with E-state index < -0.39 is 35.0 Å². The van der Waals surface area contributed by atoms with Gasteiger partial charge in [0, 0.05) is 24.3 Å². The van der Waals surface area contributed by atoms with Crippen LogP contribution in [0.4, 0.5) is 0 Å². The van der Waals surface area contributed by atoms with Crippen molar-refractivity contribution in [2.75, 3.05) is 0 Å². The van der Waals surface area contributed by atoms with Crippen LogP contribution in [0.5, 0.6) is 0 Å². The van der Waals surface area contributed by atoms with E-state index in [0.29, 0.717) is 12.2 Å². The zero-order chi connectivity index (χ0) is 19.1. The minimum atomic E-state index is -1.64. The molecule has 1 N–H and O–H groups in total. The lowest BCUT2D eigenvalue weighted by molar-refractivity contribution is -0.267. The van der Waals surface area contributed by atoms with Gasteiger partial charge in [-0.2, -0.15) is 0 Å². The highest BCUT2D eigenvalue weighted by Gasteiger charge is 2.75. The third-order valence-corrected chi connectivity index (χ3v) is 6.96. The lowest BCUT2D eigenvalue weighted by Gasteiger charge is -2.38. The van der Waals surface area contributed by atoms with Gasteiger partial charge in [0.2, 0.25) is 5.78 Å². The Balaban J connectivity index is 1.87. The average molecular weight is 362 g/mol. The monoisotopic (exact) mass is 362 g/mol. The van der Waals surface area contributed by atoms with Gasteiger partial charge in [0.1, 0.15) is 17.3 Å². The lowest BCUT2D eigenvalue weighted by atomic mass is 9.66. The molecule has 2 fully saturated rings. The zero-order valence-electron chi connectivity index (χ0n) is 15.9. The molecule has 0 aromatic heterocycles. The topological polar surface area (TPSA) is 82.1 Å². The molecule has 4 aliphatic rings. The van der Waals surface area contributed by atoms with Crippen molar-refractivity contribution < 1.29 is 28.9 Å². The average Bonchev–Trinajstić information content (AvgIpc) is 3.09. The molecule has 6 heteroatoms. The second kappa shape index (κ2) is 5.20. The molecule has 0 amide bonds. The van der Waals surface area contributed by atoms with Gasteiger partial charge in [0.25, 0.3) is 0 Å². The molecule has 0 aliphatic carbocycles. The largest absolute Gasteiger partial charge is 0.479 e. The summed E-state index contributed by atoms with van der Waals surface area (Å²) in [5.74, 6) is -2.33. The van der Waals surface area contributed by atoms with Gasteiger partial charge in [-0.25, -0.2) is 0 Å². The molecule has 2 bridgehead atoms. The summed E-state index contributed by atoms with van der Waals surface area (Å²) in [4.78, 5) is 25.5. The van der Waals surface area contributed by atoms with Crippen LogP contribution in [0.3, 0.4) is 0 Å². The first-order valence-electron chi connectivity index (χ1n) is 9.32. The Hall–Kier alpha value is -1.66. The molecule has 7 atom stereocenters. The fraction of sp³-hybridized carbons (Fsp3) is 0.700. The summed E-state index contributed by atoms with van der Waals surface area (Å²) < 4.78 is 17.8. The number of ether oxygens (including phenoxy) is 3. The fourth-order valence-corrected chi connectivity index (χ4v) is 5.03. The maximum absolute atomic E-state index is 12.9. The standard InChI is InChI=1S/C20H26O6/c1-6-11(3)20(23)19(5)16-13(24-17(19)22)7-10(2)12-8-15(21)18(4,25-12)9-14(16)26-20/h7-8,11,13-14,16,23H,6,9H2,1-5H3/b10-7+/t11-,13-,14-,16-,18+,19+,20+/m0/s1. The molecule has 2 saturated heterocycles. The first-order chi connectivity index (χ1) is 12.1. The van der Waals surface area contributed by atoms with Crippen LogP contribution in [-0.4, -0.2) is 40.5 Å². The predicted molar refractivity (Wildman–Crippen MR) is 91.7 cm³/mol. The number of fused-ring (bicyclic) bond motifs is 2. The van der Waals surface area contributed by atoms with E-state index in [9.17, 15) is 14.7 Å². The number of ketones is 1. The molecule has 0 aromatic carbocycles. The molecular weight excluding hydrogens is 336 g/mol. The normalized spacial score (nSPS) is 49.8. The second-order valence-corrected chi connectivity index (χ2v) is 8.52. The van der Waals surface area contributed by atoms with Crippen LogP contribution in [0.2, 0.25) is 0 Å². The van der Waals surface area contributed by atoms with Crippen molar-refractivity contribution >= 4 is 11.8 Å². The molecule has 0 radical (unpaired) electrons. The van der Waals surface area contributed by atoms with Gasteiger partial charge in [0.15, 0.2) is 11.4 Å². The molecule has 0 spiro atoms. The summed E-state index contributed by atoms with van der Waals surface area (Å²) in [5.41, 5.74) is -1.49. The van der Waals surface area contributed by atoms with Gasteiger partial charge in [-0.15, -0.1) is 0 Å². The van der Waals surface area contributed by atoms with E-state index in [0.717, 1.165) is 5.57 Å². The second-order valence-electron chi connectivity index (χ2n) is 8.52. The first kappa shape index (κ1) is 17.7. The van der Waals surface area contributed by atoms with E-state index >= 15 is 0 Å². The van der Waals surface area contributed by atoms with E-state index in [4.69, 9.17) is 14.2 Å². The molecule has 4 rings (SSSR count). The highest BCUT2D eigenvalue weighted by atomic mass is 16.7. The first-order valence-corrected chi connectivity index (χ1v) is 9.32. The number of esters is 1. The summed E-state index contributed by atoms with van der Waals surface area (Å²) in [7, 11) is 0. The summed E-state index contributed by atoms with van der Waals surface area (Å²) in [6.07, 6.45) is 3.19. The zero-order valence-corrected chi connectivity index (χ0v) is 15.9. The Morgan fingerprint density at radius 2 is 2.04 bits per heavy atom. The summed E-state index contributed by atoms with van der Waals surface area (Å²) in [5, 5.41) is 11.5. The van der Waals surface area contributed by atoms with Gasteiger partial charge >= 0.3 is 5.97 Å². The van der Waals surface area contributed by atoms with Crippen LogP contribution < -0.4 is 0 Å². The third kappa shape index (κ3) is 1.94. The number of hydrogen-bond donors (Lipinski definition) is 1. The Morgan fingerprint density at radius 1 is 1.35 bits per heavy atom. The van der Waals surface area contributed by atoms with Crippen LogP contribution in [0.1, 0.15) is 47.5 Å². The van der Waals surface area contributed by atoms with Crippen LogP contribution in [0.15, 0.2) is 23.5 Å². The van der Waals surface area contributed by atoms with E-state index in [2.05, 4.69) is 0 Å². The van der Waals surface area contributed by atoms with Crippen LogP contribution in [0.25, 0.3) is 0 Å². The lowest BCUT2D eigenvalue weighted by Crippen LogP contribution is -2.53. The number of carbonyl (C=O) groups is 2. The number of rotatable bonds is 2. The van der Waals surface area contributed by atoms with Crippen molar-refractivity contribution in [3.05, 3.63) is 23.5 Å². The number of allylic oxidation sites excluding steroid dienone is 1. The highest BCUT2D eigenvalue weighted by Crippen LogP contribution is 2.61. The van der Waals surface area contributed by atoms with Crippen molar-refractivity contribution in [3.8, 4) is 0 Å². The van der Waals surface area contributed by atoms with E-state index in [1.165, 1.54) is 6.08 Å². The minimum Gasteiger partial charge on any atom is -0.479 e. The van der Waals surface area contributed by atoms with Crippen molar-refractivity contribution in [3.63, 3.8) is 0 Å². The van der Waals surface area contributed by atoms with E-state index in [-0.39, 0.29) is 24.0 Å². The number of aliphatic hydroxyl groups is 1. The molecule has 0 saturated carbocycles. The van der Waals surface area contributed by atoms with Crippen LogP contribution >= 0.6 is 0 Å². The fourth-order valence-electron chi connectivity index (χ4n) is 5.03. The summed E-state index contributed by atoms with van der Waals surface area (Å²) >= 11 is 0. The summed E-state index contributed by atoms with van der Waals surface area (Å²) in [6.45, 7) is 9.13. The molecule has 4 aliphatic heterocycles. The SMILES string of the molecule is CC[C@H](C)[C@@]1(O)O[C@H]2C[C@@]3(C)OC(=CC3=O)/C(C)=C/[C@@H]3OC(=O)[C@@]1(C)[C@@H]32. The van der Waals surface area contributed by atoms with Crippen LogP contribution in [0, 0.1) is 17.3 Å². The molecule has 26 heavy (non-hydrogen) atoms. The van der Waals surface area contributed by atoms with Crippen LogP contribution in [-0.2, 0) is 23.8 Å². The Kier molecular flexibility index (Phi) is 3.55. The van der Waals surface area contributed by atoms with Crippen molar-refractivity contribution in [1.29, 1.82) is 0 Å². The maximum Gasteiger partial charge on any atom is 0.318 e. The van der Waals surface area contributed by atoms with Gasteiger partial charge in [-0.3, -0.25) is 9.59 Å². The molecular formula is C20H26O6. The molecule has 142 valence electrons. The third-order valence-electron chi connectivity index (χ3n) is 6.96. The van der Waals surface area contributed by atoms with E-state index in [1.807, 2.05) is 26.8 Å². The minimum absolute atomic E-state index is 0.117. The quantitative estimate of drug-likeness (QED) is 0.759. The number of carbonyl (C=O) groups excluding carboxylic acids is 2. The van der Waals surface area contributed by atoms with Gasteiger partial charge < -0.3 is 19.3 Å². The molecule has 0 unspecified atom stereocenters. The van der Waals surface area contributed by atoms with Gasteiger partial charge in [0.05, 0.1) is 6.10 Å². The Labute approximate surface area is 153 Å². The van der Waals surface area contributed by atoms with Crippen molar-refractivity contribution in [2.45, 2.75) is 71.1 Å². The summed E-state index contributed by atoms with van der Waals surface area (Å²) in [6, 6.07) is 0. The van der Waals surface area contributed by atoms with Gasteiger partial charge in [-0.05, 0) is 38.8 Å². The van der Waals surface area contributed by atoms with Crippen molar-refractivity contribution in [1.82, 2.24) is 0 Å². The highest BCUT2D eigenvalue weighted by molar-refractivity contribution is 6.00. The maximum atomic E-state index is 12.9. The Morgan fingerprint density at radius 3 is 2.69 bits per heavy atom. The van der Waals surface area contributed by atoms with E-state index in [1.54, 1.807) is 13.8 Å².